The second-order valence-electron chi connectivity index (χ2n) is 6.37. The maximum atomic E-state index is 12.4. The number of carbonyl (C=O) groups excluding carboxylic acids is 1. The number of amides is 1. The Bertz CT molecular complexity index is 1080. The first kappa shape index (κ1) is 21.5. The molecule has 0 unspecified atom stereocenters. The van der Waals surface area contributed by atoms with Crippen LogP contribution in [-0.2, 0) is 22.0 Å². The first-order valence-electron chi connectivity index (χ1n) is 9.02. The number of carbonyl (C=O) groups is 1. The summed E-state index contributed by atoms with van der Waals surface area (Å²) < 4.78 is 58.7. The van der Waals surface area contributed by atoms with Crippen LogP contribution in [0.25, 0.3) is 0 Å². The van der Waals surface area contributed by atoms with Gasteiger partial charge in [-0.05, 0) is 48.4 Å². The first-order chi connectivity index (χ1) is 14.3. The maximum Gasteiger partial charge on any atom is 0.387 e. The summed E-state index contributed by atoms with van der Waals surface area (Å²) in [6, 6.07) is 17.0. The van der Waals surface area contributed by atoms with E-state index in [1.165, 1.54) is 36.4 Å². The lowest BCUT2D eigenvalue weighted by Gasteiger charge is -2.06. The summed E-state index contributed by atoms with van der Waals surface area (Å²) in [5.41, 5.74) is 0.825. The van der Waals surface area contributed by atoms with E-state index in [1.54, 1.807) is 30.3 Å². The van der Waals surface area contributed by atoms with Gasteiger partial charge in [0.1, 0.15) is 17.3 Å². The molecule has 9 heteroatoms. The molecule has 2 aromatic carbocycles. The third-order valence-corrected chi connectivity index (χ3v) is 5.82. The number of rotatable bonds is 9. The third-order valence-electron chi connectivity index (χ3n) is 4.17. The Morgan fingerprint density at radius 3 is 2.37 bits per heavy atom. The number of benzene rings is 2. The second-order valence-corrected chi connectivity index (χ2v) is 8.36. The van der Waals surface area contributed by atoms with Gasteiger partial charge >= 0.3 is 6.61 Å². The smallest absolute Gasteiger partial charge is 0.387 e. The van der Waals surface area contributed by atoms with Crippen LogP contribution in [0.15, 0.2) is 76.0 Å². The molecule has 0 radical (unpaired) electrons. The normalized spacial score (nSPS) is 11.4. The Morgan fingerprint density at radius 1 is 1.00 bits per heavy atom. The highest BCUT2D eigenvalue weighted by Crippen LogP contribution is 2.18. The third kappa shape index (κ3) is 5.90. The van der Waals surface area contributed by atoms with Crippen LogP contribution in [0.1, 0.15) is 21.9 Å². The Balaban J connectivity index is 1.51. The number of furan rings is 1. The van der Waals surface area contributed by atoms with Crippen LogP contribution in [-0.4, -0.2) is 27.5 Å². The zero-order chi connectivity index (χ0) is 21.6. The molecule has 0 saturated carbocycles. The van der Waals surface area contributed by atoms with Crippen LogP contribution >= 0.6 is 0 Å². The Hall–Kier alpha value is -3.20. The van der Waals surface area contributed by atoms with E-state index >= 15 is 0 Å². The number of sulfone groups is 1. The van der Waals surface area contributed by atoms with Gasteiger partial charge in [0.15, 0.2) is 15.6 Å². The summed E-state index contributed by atoms with van der Waals surface area (Å²) in [7, 11) is -3.57. The average molecular weight is 435 g/mol. The van der Waals surface area contributed by atoms with E-state index in [0.717, 1.165) is 5.56 Å². The minimum absolute atomic E-state index is 0.00828. The van der Waals surface area contributed by atoms with Crippen molar-refractivity contribution in [2.24, 2.45) is 0 Å². The van der Waals surface area contributed by atoms with Crippen molar-refractivity contribution in [2.75, 3.05) is 6.54 Å². The summed E-state index contributed by atoms with van der Waals surface area (Å²) >= 11 is 0. The summed E-state index contributed by atoms with van der Waals surface area (Å²) in [5, 5.41) is 2.67. The molecule has 0 fully saturated rings. The molecule has 158 valence electrons. The van der Waals surface area contributed by atoms with Gasteiger partial charge in [-0.3, -0.25) is 4.79 Å². The van der Waals surface area contributed by atoms with Crippen molar-refractivity contribution in [1.29, 1.82) is 0 Å². The molecular weight excluding hydrogens is 416 g/mol. The molecule has 1 heterocycles. The summed E-state index contributed by atoms with van der Waals surface area (Å²) in [5.74, 6) is -0.591. The predicted molar refractivity (Wildman–Crippen MR) is 105 cm³/mol. The molecule has 0 aliphatic carbocycles. The van der Waals surface area contributed by atoms with E-state index < -0.39 is 22.4 Å². The maximum absolute atomic E-state index is 12.4. The fourth-order valence-corrected chi connectivity index (χ4v) is 3.99. The van der Waals surface area contributed by atoms with E-state index in [9.17, 15) is 22.0 Å². The average Bonchev–Trinajstić information content (AvgIpc) is 3.17. The quantitative estimate of drug-likeness (QED) is 0.552. The van der Waals surface area contributed by atoms with Gasteiger partial charge in [-0.15, -0.1) is 0 Å². The Morgan fingerprint density at radius 2 is 1.70 bits per heavy atom. The molecule has 0 spiro atoms. The molecule has 0 aliphatic rings. The lowest BCUT2D eigenvalue weighted by Crippen LogP contribution is -2.25. The Kier molecular flexibility index (Phi) is 6.83. The second kappa shape index (κ2) is 9.53. The largest absolute Gasteiger partial charge is 0.455 e. The van der Waals surface area contributed by atoms with Crippen molar-refractivity contribution in [1.82, 2.24) is 5.32 Å². The zero-order valence-corrected chi connectivity index (χ0v) is 16.6. The molecule has 30 heavy (non-hydrogen) atoms. The molecule has 1 aromatic heterocycles. The van der Waals surface area contributed by atoms with Crippen molar-refractivity contribution in [3.63, 3.8) is 0 Å². The predicted octanol–water partition coefficient (Wildman–Crippen LogP) is 3.83. The highest BCUT2D eigenvalue weighted by molar-refractivity contribution is 7.90. The van der Waals surface area contributed by atoms with Crippen molar-refractivity contribution in [3.8, 4) is 5.75 Å². The van der Waals surface area contributed by atoms with Crippen molar-refractivity contribution in [2.45, 2.75) is 23.7 Å². The lowest BCUT2D eigenvalue weighted by molar-refractivity contribution is -0.0498. The zero-order valence-electron chi connectivity index (χ0n) is 15.8. The van der Waals surface area contributed by atoms with Gasteiger partial charge in [0.25, 0.3) is 5.91 Å². The highest BCUT2D eigenvalue weighted by atomic mass is 32.2. The molecule has 3 rings (SSSR count). The van der Waals surface area contributed by atoms with Crippen molar-refractivity contribution in [3.05, 3.63) is 83.8 Å². The number of halogens is 2. The topological polar surface area (TPSA) is 85.6 Å². The molecule has 1 amide bonds. The number of hydrogen-bond acceptors (Lipinski definition) is 5. The van der Waals surface area contributed by atoms with E-state index in [-0.39, 0.29) is 34.5 Å². The Labute approximate surface area is 172 Å². The van der Waals surface area contributed by atoms with Crippen LogP contribution in [0.2, 0.25) is 0 Å². The fraction of sp³-hybridized carbons (Fsp3) is 0.190. The highest BCUT2D eigenvalue weighted by Gasteiger charge is 2.19. The van der Waals surface area contributed by atoms with Gasteiger partial charge < -0.3 is 14.5 Å². The number of nitrogens with one attached hydrogen (secondary N) is 1. The van der Waals surface area contributed by atoms with Gasteiger partial charge in [0.05, 0.1) is 4.90 Å². The van der Waals surface area contributed by atoms with Gasteiger partial charge in [0, 0.05) is 6.54 Å². The lowest BCUT2D eigenvalue weighted by atomic mass is 10.1. The van der Waals surface area contributed by atoms with Crippen LogP contribution < -0.4 is 10.1 Å². The van der Waals surface area contributed by atoms with E-state index in [1.807, 2.05) is 0 Å². The summed E-state index contributed by atoms with van der Waals surface area (Å²) in [4.78, 5) is 12.4. The SMILES string of the molecule is O=C(NCCc1ccc(OC(F)F)cc1)c1ccc(CS(=O)(=O)c2ccccc2)o1. The van der Waals surface area contributed by atoms with Crippen molar-refractivity contribution < 1.29 is 31.1 Å². The van der Waals surface area contributed by atoms with E-state index in [0.29, 0.717) is 6.42 Å². The first-order valence-corrected chi connectivity index (χ1v) is 10.7. The number of alkyl halides is 2. The van der Waals surface area contributed by atoms with Gasteiger partial charge in [-0.25, -0.2) is 8.42 Å². The number of ether oxygens (including phenoxy) is 1. The summed E-state index contributed by atoms with van der Waals surface area (Å²) in [6.07, 6.45) is 0.469. The molecule has 1 N–H and O–H groups in total. The number of hydrogen-bond donors (Lipinski definition) is 1. The van der Waals surface area contributed by atoms with Gasteiger partial charge in [-0.1, -0.05) is 30.3 Å². The molecule has 0 saturated heterocycles. The molecule has 0 bridgehead atoms. The van der Waals surface area contributed by atoms with Crippen LogP contribution in [0.5, 0.6) is 5.75 Å². The molecule has 6 nitrogen and oxygen atoms in total. The standard InChI is InChI=1S/C21H19F2NO5S/c22-21(23)29-16-8-6-15(7-9-16)12-13-24-20(25)19-11-10-17(28-19)14-30(26,27)18-4-2-1-3-5-18/h1-11,21H,12-14H2,(H,24,25). The fourth-order valence-electron chi connectivity index (χ4n) is 2.72. The summed E-state index contributed by atoms with van der Waals surface area (Å²) in [6.45, 7) is -2.59. The van der Waals surface area contributed by atoms with Gasteiger partial charge in [0.2, 0.25) is 0 Å². The minimum atomic E-state index is -3.57. The molecule has 3 aromatic rings. The molecule has 0 atom stereocenters. The molecule has 0 aliphatic heterocycles. The van der Waals surface area contributed by atoms with E-state index in [2.05, 4.69) is 10.1 Å². The van der Waals surface area contributed by atoms with Crippen LogP contribution in [0.4, 0.5) is 8.78 Å². The van der Waals surface area contributed by atoms with Crippen molar-refractivity contribution >= 4 is 15.7 Å². The van der Waals surface area contributed by atoms with Crippen LogP contribution in [0, 0.1) is 0 Å². The van der Waals surface area contributed by atoms with Crippen LogP contribution in [0.3, 0.4) is 0 Å². The monoisotopic (exact) mass is 435 g/mol. The minimum Gasteiger partial charge on any atom is -0.455 e. The van der Waals surface area contributed by atoms with Gasteiger partial charge in [-0.2, -0.15) is 8.78 Å². The molecular formula is C21H19F2NO5S. The van der Waals surface area contributed by atoms with E-state index in [4.69, 9.17) is 4.42 Å².